The molecule has 3 nitrogen and oxygen atoms in total. The monoisotopic (exact) mass is 344 g/mol. The average molecular weight is 346 g/mol. The molecule has 0 saturated heterocycles. The number of rotatable bonds is 1. The molecule has 2 rings (SSSR count). The smallest absolute Gasteiger partial charge is 0.154 e. The number of phenols is 2. The predicted molar refractivity (Wildman–Crippen MR) is 68.1 cm³/mol. The van der Waals surface area contributed by atoms with Crippen molar-refractivity contribution in [1.82, 2.24) is 0 Å². The van der Waals surface area contributed by atoms with Crippen LogP contribution in [0.1, 0.15) is 10.4 Å². The van der Waals surface area contributed by atoms with Crippen molar-refractivity contribution in [2.75, 3.05) is 0 Å². The Hall–Kier alpha value is -1.07. The maximum atomic E-state index is 10.9. The largest absolute Gasteiger partial charge is 0.507 e. The summed E-state index contributed by atoms with van der Waals surface area (Å²) >= 11 is 6.35. The molecule has 5 heteroatoms. The summed E-state index contributed by atoms with van der Waals surface area (Å²) in [5.74, 6) is -0.0958. The van der Waals surface area contributed by atoms with E-state index in [0.29, 0.717) is 20.6 Å². The van der Waals surface area contributed by atoms with Crippen LogP contribution in [0.3, 0.4) is 0 Å². The fourth-order valence-corrected chi connectivity index (χ4v) is 2.33. The molecule has 0 atom stereocenters. The quantitative estimate of drug-likeness (QED) is 0.776. The minimum atomic E-state index is -0.121. The predicted octanol–water partition coefficient (Wildman–Crippen LogP) is 3.59. The lowest BCUT2D eigenvalue weighted by atomic mass is 10.0. The zero-order valence-electron chi connectivity index (χ0n) is 7.87. The molecule has 0 radical (unpaired) electrons. The maximum Gasteiger partial charge on any atom is 0.154 e. The van der Waals surface area contributed by atoms with E-state index >= 15 is 0 Å². The Labute approximate surface area is 108 Å². The molecule has 2 aromatic rings. The minimum Gasteiger partial charge on any atom is -0.507 e. The maximum absolute atomic E-state index is 10.9. The van der Waals surface area contributed by atoms with Crippen LogP contribution >= 0.6 is 31.9 Å². The highest BCUT2D eigenvalue weighted by atomic mass is 79.9. The molecule has 82 valence electrons. The van der Waals surface area contributed by atoms with Gasteiger partial charge in [0, 0.05) is 0 Å². The number of phenolic OH excluding ortho intramolecular Hbond substituents is 2. The third kappa shape index (κ3) is 1.70. The van der Waals surface area contributed by atoms with Gasteiger partial charge in [0.25, 0.3) is 0 Å². The fourth-order valence-electron chi connectivity index (χ4n) is 1.51. The Morgan fingerprint density at radius 1 is 1.06 bits per heavy atom. The Bertz CT molecular complexity index is 588. The first kappa shape index (κ1) is 11.4. The summed E-state index contributed by atoms with van der Waals surface area (Å²) in [5.41, 5.74) is 0.159. The van der Waals surface area contributed by atoms with Crippen LogP contribution in [0.4, 0.5) is 0 Å². The zero-order chi connectivity index (χ0) is 11.9. The summed E-state index contributed by atoms with van der Waals surface area (Å²) in [6, 6.07) is 4.80. The summed E-state index contributed by atoms with van der Waals surface area (Å²) in [6.45, 7) is 0. The van der Waals surface area contributed by atoms with Crippen molar-refractivity contribution < 1.29 is 15.0 Å². The van der Waals surface area contributed by atoms with Crippen LogP contribution in [-0.2, 0) is 0 Å². The Kier molecular flexibility index (Phi) is 2.90. The van der Waals surface area contributed by atoms with Gasteiger partial charge in [0.15, 0.2) is 6.29 Å². The SMILES string of the molecule is O=Cc1c(O)c(Br)cc2cc(Br)c(O)cc12. The third-order valence-electron chi connectivity index (χ3n) is 2.29. The second-order valence-electron chi connectivity index (χ2n) is 3.26. The number of halogens is 2. The van der Waals surface area contributed by atoms with E-state index < -0.39 is 0 Å². The van der Waals surface area contributed by atoms with Gasteiger partial charge in [-0.3, -0.25) is 4.79 Å². The first-order valence-corrected chi connectivity index (χ1v) is 5.92. The fraction of sp³-hybridized carbons (Fsp3) is 0. The second-order valence-corrected chi connectivity index (χ2v) is 4.97. The number of carbonyl (C=O) groups excluding carboxylic acids is 1. The normalized spacial score (nSPS) is 10.6. The van der Waals surface area contributed by atoms with Gasteiger partial charge in [0.2, 0.25) is 0 Å². The van der Waals surface area contributed by atoms with Gasteiger partial charge in [0.1, 0.15) is 11.5 Å². The number of benzene rings is 2. The van der Waals surface area contributed by atoms with E-state index in [9.17, 15) is 15.0 Å². The first-order valence-electron chi connectivity index (χ1n) is 4.33. The van der Waals surface area contributed by atoms with Crippen LogP contribution in [0.5, 0.6) is 11.5 Å². The van der Waals surface area contributed by atoms with Crippen molar-refractivity contribution in [3.63, 3.8) is 0 Å². The number of carbonyl (C=O) groups is 1. The van der Waals surface area contributed by atoms with Crippen LogP contribution in [0, 0.1) is 0 Å². The second kappa shape index (κ2) is 4.07. The molecule has 2 aromatic carbocycles. The molecule has 0 saturated carbocycles. The lowest BCUT2D eigenvalue weighted by Crippen LogP contribution is -1.87. The van der Waals surface area contributed by atoms with Gasteiger partial charge < -0.3 is 10.2 Å². The van der Waals surface area contributed by atoms with Crippen molar-refractivity contribution in [2.45, 2.75) is 0 Å². The van der Waals surface area contributed by atoms with Crippen LogP contribution in [0.2, 0.25) is 0 Å². The highest BCUT2D eigenvalue weighted by molar-refractivity contribution is 9.11. The van der Waals surface area contributed by atoms with Crippen LogP contribution in [-0.4, -0.2) is 16.5 Å². The Morgan fingerprint density at radius 3 is 2.31 bits per heavy atom. The van der Waals surface area contributed by atoms with E-state index in [1.165, 1.54) is 6.07 Å². The van der Waals surface area contributed by atoms with Gasteiger partial charge >= 0.3 is 0 Å². The first-order chi connectivity index (χ1) is 7.54. The van der Waals surface area contributed by atoms with Gasteiger partial charge in [-0.2, -0.15) is 0 Å². The van der Waals surface area contributed by atoms with Crippen LogP contribution < -0.4 is 0 Å². The van der Waals surface area contributed by atoms with Gasteiger partial charge in [0.05, 0.1) is 14.5 Å². The van der Waals surface area contributed by atoms with Gasteiger partial charge in [-0.25, -0.2) is 0 Å². The molecule has 2 N–H and O–H groups in total. The molecule has 0 amide bonds. The molecule has 0 bridgehead atoms. The summed E-state index contributed by atoms with van der Waals surface area (Å²) in [4.78, 5) is 10.9. The molecule has 0 aliphatic carbocycles. The van der Waals surface area contributed by atoms with Crippen molar-refractivity contribution in [3.8, 4) is 11.5 Å². The molecular weight excluding hydrogens is 340 g/mol. The van der Waals surface area contributed by atoms with E-state index in [2.05, 4.69) is 31.9 Å². The van der Waals surface area contributed by atoms with E-state index in [0.717, 1.165) is 5.39 Å². The van der Waals surface area contributed by atoms with Crippen molar-refractivity contribution >= 4 is 48.9 Å². The standard InChI is InChI=1S/C11H6Br2O3/c12-8-1-5-2-9(13)11(16)7(4-14)6(5)3-10(8)15/h1-4,15-16H. The average Bonchev–Trinajstić information content (AvgIpc) is 2.24. The van der Waals surface area contributed by atoms with E-state index in [-0.39, 0.29) is 17.1 Å². The van der Waals surface area contributed by atoms with E-state index in [4.69, 9.17) is 0 Å². The summed E-state index contributed by atoms with van der Waals surface area (Å²) < 4.78 is 0.981. The zero-order valence-corrected chi connectivity index (χ0v) is 11.0. The summed E-state index contributed by atoms with van der Waals surface area (Å²) in [7, 11) is 0. The third-order valence-corrected chi connectivity index (χ3v) is 3.53. The Morgan fingerprint density at radius 2 is 1.69 bits per heavy atom. The molecule has 0 unspecified atom stereocenters. The van der Waals surface area contributed by atoms with Crippen molar-refractivity contribution in [2.24, 2.45) is 0 Å². The molecular formula is C11H6Br2O3. The number of hydrogen-bond donors (Lipinski definition) is 2. The lowest BCUT2D eigenvalue weighted by molar-refractivity contribution is 0.112. The lowest BCUT2D eigenvalue weighted by Gasteiger charge is -2.07. The summed E-state index contributed by atoms with van der Waals surface area (Å²) in [6.07, 6.45) is 0.565. The summed E-state index contributed by atoms with van der Waals surface area (Å²) in [5, 5.41) is 20.5. The van der Waals surface area contributed by atoms with Crippen molar-refractivity contribution in [1.29, 1.82) is 0 Å². The van der Waals surface area contributed by atoms with Gasteiger partial charge in [-0.05, 0) is 60.8 Å². The van der Waals surface area contributed by atoms with Gasteiger partial charge in [-0.1, -0.05) is 0 Å². The number of fused-ring (bicyclic) bond motifs is 1. The van der Waals surface area contributed by atoms with Crippen molar-refractivity contribution in [3.05, 3.63) is 32.7 Å². The van der Waals surface area contributed by atoms with Crippen LogP contribution in [0.25, 0.3) is 10.8 Å². The van der Waals surface area contributed by atoms with E-state index in [1.807, 2.05) is 0 Å². The van der Waals surface area contributed by atoms with Crippen LogP contribution in [0.15, 0.2) is 27.1 Å². The molecule has 0 aliphatic rings. The number of aldehydes is 1. The molecule has 0 spiro atoms. The van der Waals surface area contributed by atoms with Gasteiger partial charge in [-0.15, -0.1) is 0 Å². The number of aromatic hydroxyl groups is 2. The minimum absolute atomic E-state index is 0.0253. The molecule has 0 fully saturated rings. The molecule has 0 heterocycles. The molecule has 0 aliphatic heterocycles. The highest BCUT2D eigenvalue weighted by Crippen LogP contribution is 2.37. The highest BCUT2D eigenvalue weighted by Gasteiger charge is 2.12. The topological polar surface area (TPSA) is 57.5 Å². The molecule has 0 aromatic heterocycles. The Balaban J connectivity index is 2.97. The number of hydrogen-bond acceptors (Lipinski definition) is 3. The molecule has 16 heavy (non-hydrogen) atoms. The van der Waals surface area contributed by atoms with E-state index in [1.54, 1.807) is 12.1 Å².